The number of carbonyl (C=O) groups is 4. The fourth-order valence-electron chi connectivity index (χ4n) is 4.90. The van der Waals surface area contributed by atoms with E-state index in [1.54, 1.807) is 32.3 Å². The van der Waals surface area contributed by atoms with Gasteiger partial charge in [0.15, 0.2) is 11.9 Å². The Kier molecular flexibility index (Phi) is 12.5. The van der Waals surface area contributed by atoms with E-state index in [0.717, 1.165) is 16.7 Å². The van der Waals surface area contributed by atoms with E-state index in [0.29, 0.717) is 5.56 Å². The molecule has 3 N–H and O–H groups in total. The van der Waals surface area contributed by atoms with Gasteiger partial charge in [-0.15, -0.1) is 0 Å². The largest absolute Gasteiger partial charge is 0.464 e. The molecule has 2 unspecified atom stereocenters. The number of esters is 1. The number of carbonyl (C=O) groups excluding carboxylic acids is 4. The van der Waals surface area contributed by atoms with Crippen LogP contribution in [0, 0.1) is 0 Å². The maximum atomic E-state index is 13.6. The number of imidazole rings is 1. The summed E-state index contributed by atoms with van der Waals surface area (Å²) in [4.78, 5) is 56.9. The molecular weight excluding hydrogens is 638 g/mol. The molecule has 0 saturated heterocycles. The van der Waals surface area contributed by atoms with Crippen molar-refractivity contribution < 1.29 is 33.4 Å². The highest BCUT2D eigenvalue weighted by atomic mass is 16.6. The molecule has 0 bridgehead atoms. The van der Waals surface area contributed by atoms with Crippen LogP contribution in [0.3, 0.4) is 0 Å². The quantitative estimate of drug-likeness (QED) is 0.145. The molecule has 12 nitrogen and oxygen atoms in total. The van der Waals surface area contributed by atoms with Gasteiger partial charge in [0.1, 0.15) is 17.2 Å². The van der Waals surface area contributed by atoms with Gasteiger partial charge in [0.2, 0.25) is 5.91 Å². The summed E-state index contributed by atoms with van der Waals surface area (Å²) in [5, 5.41) is 7.95. The van der Waals surface area contributed by atoms with E-state index in [9.17, 15) is 19.2 Å². The molecule has 0 fully saturated rings. The summed E-state index contributed by atoms with van der Waals surface area (Å²) >= 11 is 0. The third kappa shape index (κ3) is 10.8. The van der Waals surface area contributed by atoms with Crippen molar-refractivity contribution in [3.8, 4) is 11.1 Å². The molecule has 0 aliphatic rings. The molecule has 264 valence electrons. The van der Waals surface area contributed by atoms with Gasteiger partial charge in [-0.3, -0.25) is 9.59 Å². The Hall–Kier alpha value is -5.49. The number of benzene rings is 3. The minimum absolute atomic E-state index is 0.138. The van der Waals surface area contributed by atoms with Crippen molar-refractivity contribution in [3.63, 3.8) is 0 Å². The summed E-state index contributed by atoms with van der Waals surface area (Å²) in [7, 11) is 0. The minimum Gasteiger partial charge on any atom is -0.464 e. The summed E-state index contributed by atoms with van der Waals surface area (Å²) in [5.41, 5.74) is 1.36. The lowest BCUT2D eigenvalue weighted by Crippen LogP contribution is -2.59. The van der Waals surface area contributed by atoms with Gasteiger partial charge >= 0.3 is 12.1 Å². The standard InChI is InChI=1S/C38H45N5O7/c1-7-49-34(45)32(29-20-18-28(19-21-29)27-16-12-9-13-17-27)43-22-31(39-25-43)41-33(44)30(24-48-23-26-14-10-8-11-15-26)40-35(46)38(5,6)42-36(47)50-37(2,3)4/h8-22,25,30,32H,7,23-24H2,1-6H3,(H,40,46)(H,41,44)(H,42,47). The second-order valence-corrected chi connectivity index (χ2v) is 13.1. The van der Waals surface area contributed by atoms with Crippen LogP contribution < -0.4 is 16.0 Å². The van der Waals surface area contributed by atoms with Crippen LogP contribution in [0.15, 0.2) is 97.5 Å². The van der Waals surface area contributed by atoms with Crippen molar-refractivity contribution in [2.24, 2.45) is 0 Å². The Bertz CT molecular complexity index is 1730. The molecular formula is C38H45N5O7. The Morgan fingerprint density at radius 2 is 1.46 bits per heavy atom. The molecule has 4 aromatic rings. The SMILES string of the molecule is CCOC(=O)C(c1ccc(-c2ccccc2)cc1)n1cnc(NC(=O)C(COCc2ccccc2)NC(=O)C(C)(C)NC(=O)OC(C)(C)C)c1. The first kappa shape index (κ1) is 37.3. The van der Waals surface area contributed by atoms with Crippen molar-refractivity contribution in [2.75, 3.05) is 18.5 Å². The lowest BCUT2D eigenvalue weighted by molar-refractivity contribution is -0.145. The topological polar surface area (TPSA) is 150 Å². The lowest BCUT2D eigenvalue weighted by atomic mass is 10.0. The number of anilines is 1. The van der Waals surface area contributed by atoms with Crippen molar-refractivity contribution in [3.05, 3.63) is 109 Å². The molecule has 0 spiro atoms. The van der Waals surface area contributed by atoms with Gasteiger partial charge in [-0.1, -0.05) is 84.9 Å². The summed E-state index contributed by atoms with van der Waals surface area (Å²) in [6.45, 7) is 10.0. The molecule has 50 heavy (non-hydrogen) atoms. The monoisotopic (exact) mass is 683 g/mol. The smallest absolute Gasteiger partial charge is 0.408 e. The zero-order valence-electron chi connectivity index (χ0n) is 29.3. The first-order valence-electron chi connectivity index (χ1n) is 16.4. The van der Waals surface area contributed by atoms with E-state index < -0.39 is 47.1 Å². The number of alkyl carbamates (subject to hydrolysis) is 1. The molecule has 0 aliphatic heterocycles. The molecule has 2 atom stereocenters. The molecule has 0 radical (unpaired) electrons. The van der Waals surface area contributed by atoms with Gasteiger partial charge < -0.3 is 34.7 Å². The van der Waals surface area contributed by atoms with E-state index >= 15 is 0 Å². The highest BCUT2D eigenvalue weighted by Crippen LogP contribution is 2.26. The highest BCUT2D eigenvalue weighted by molar-refractivity contribution is 5.98. The second kappa shape index (κ2) is 16.8. The van der Waals surface area contributed by atoms with Crippen molar-refractivity contribution in [1.29, 1.82) is 0 Å². The van der Waals surface area contributed by atoms with Crippen LogP contribution in [0.4, 0.5) is 10.6 Å². The van der Waals surface area contributed by atoms with Crippen LogP contribution in [0.25, 0.3) is 11.1 Å². The van der Waals surface area contributed by atoms with Gasteiger partial charge in [-0.25, -0.2) is 14.6 Å². The maximum absolute atomic E-state index is 13.6. The van der Waals surface area contributed by atoms with Crippen molar-refractivity contribution >= 4 is 29.7 Å². The van der Waals surface area contributed by atoms with Gasteiger partial charge in [0.25, 0.3) is 5.91 Å². The highest BCUT2D eigenvalue weighted by Gasteiger charge is 2.35. The molecule has 1 aromatic heterocycles. The third-order valence-electron chi connectivity index (χ3n) is 7.39. The van der Waals surface area contributed by atoms with Crippen LogP contribution in [0.5, 0.6) is 0 Å². The van der Waals surface area contributed by atoms with Gasteiger partial charge in [-0.05, 0) is 63.8 Å². The van der Waals surface area contributed by atoms with E-state index in [-0.39, 0.29) is 25.6 Å². The number of rotatable bonds is 14. The lowest BCUT2D eigenvalue weighted by Gasteiger charge is -2.29. The number of hydrogen-bond acceptors (Lipinski definition) is 8. The maximum Gasteiger partial charge on any atom is 0.408 e. The molecule has 3 aromatic carbocycles. The summed E-state index contributed by atoms with van der Waals surface area (Å²) in [6.07, 6.45) is 2.16. The zero-order valence-corrected chi connectivity index (χ0v) is 29.3. The predicted molar refractivity (Wildman–Crippen MR) is 189 cm³/mol. The minimum atomic E-state index is -1.44. The summed E-state index contributed by atoms with van der Waals surface area (Å²) < 4.78 is 18.1. The van der Waals surface area contributed by atoms with Crippen LogP contribution >= 0.6 is 0 Å². The van der Waals surface area contributed by atoms with Gasteiger partial charge in [0.05, 0.1) is 26.1 Å². The number of ether oxygens (including phenoxy) is 3. The number of aromatic nitrogens is 2. The fraction of sp³-hybridized carbons (Fsp3) is 0.342. The van der Waals surface area contributed by atoms with E-state index in [2.05, 4.69) is 20.9 Å². The van der Waals surface area contributed by atoms with Gasteiger partial charge in [-0.2, -0.15) is 0 Å². The van der Waals surface area contributed by atoms with Gasteiger partial charge in [0, 0.05) is 6.20 Å². The van der Waals surface area contributed by atoms with Crippen LogP contribution in [0.2, 0.25) is 0 Å². The molecule has 4 rings (SSSR count). The first-order chi connectivity index (χ1) is 23.8. The Labute approximate surface area is 292 Å². The van der Waals surface area contributed by atoms with E-state index in [4.69, 9.17) is 14.2 Å². The van der Waals surface area contributed by atoms with E-state index in [1.807, 2.05) is 84.9 Å². The predicted octanol–water partition coefficient (Wildman–Crippen LogP) is 5.65. The number of hydrogen-bond donors (Lipinski definition) is 3. The zero-order chi connectivity index (χ0) is 36.3. The fourth-order valence-corrected chi connectivity index (χ4v) is 4.90. The Balaban J connectivity index is 1.51. The molecule has 12 heteroatoms. The molecule has 0 aliphatic carbocycles. The molecule has 3 amide bonds. The Morgan fingerprint density at radius 3 is 2.08 bits per heavy atom. The van der Waals surface area contributed by atoms with Crippen LogP contribution in [-0.2, 0) is 35.2 Å². The summed E-state index contributed by atoms with van der Waals surface area (Å²) in [5.74, 6) is -1.61. The van der Waals surface area contributed by atoms with Crippen molar-refractivity contribution in [2.45, 2.75) is 71.4 Å². The Morgan fingerprint density at radius 1 is 0.840 bits per heavy atom. The summed E-state index contributed by atoms with van der Waals surface area (Å²) in [6, 6.07) is 24.8. The number of nitrogens with zero attached hydrogens (tertiary/aromatic N) is 2. The molecule has 1 heterocycles. The van der Waals surface area contributed by atoms with Crippen LogP contribution in [0.1, 0.15) is 58.7 Å². The third-order valence-corrected chi connectivity index (χ3v) is 7.39. The first-order valence-corrected chi connectivity index (χ1v) is 16.4. The number of amides is 3. The number of nitrogens with one attached hydrogen (secondary N) is 3. The van der Waals surface area contributed by atoms with E-state index in [1.165, 1.54) is 26.4 Å². The second-order valence-electron chi connectivity index (χ2n) is 13.1. The van der Waals surface area contributed by atoms with Crippen molar-refractivity contribution in [1.82, 2.24) is 20.2 Å². The molecule has 0 saturated carbocycles. The average Bonchev–Trinajstić information content (AvgIpc) is 3.52. The van der Waals surface area contributed by atoms with Crippen LogP contribution in [-0.4, -0.2) is 63.8 Å². The normalized spacial score (nSPS) is 12.7. The average molecular weight is 684 g/mol.